The summed E-state index contributed by atoms with van der Waals surface area (Å²) in [6.45, 7) is 7.57. The van der Waals surface area contributed by atoms with Crippen LogP contribution in [0, 0.1) is 23.2 Å². The van der Waals surface area contributed by atoms with Gasteiger partial charge in [0.05, 0.1) is 11.3 Å². The van der Waals surface area contributed by atoms with Crippen molar-refractivity contribution in [2.75, 3.05) is 39.5 Å². The highest BCUT2D eigenvalue weighted by Gasteiger charge is 2.41. The van der Waals surface area contributed by atoms with Crippen molar-refractivity contribution in [2.24, 2.45) is 11.8 Å². The number of likely N-dealkylation sites (tertiary alicyclic amines) is 1. The van der Waals surface area contributed by atoms with Gasteiger partial charge in [0.25, 0.3) is 0 Å². The largest absolute Gasteiger partial charge is 0.417 e. The van der Waals surface area contributed by atoms with E-state index in [0.29, 0.717) is 42.6 Å². The second-order valence-electron chi connectivity index (χ2n) is 10.5. The quantitative estimate of drug-likeness (QED) is 0.519. The highest BCUT2D eigenvalue weighted by Crippen LogP contribution is 2.36. The summed E-state index contributed by atoms with van der Waals surface area (Å²) >= 11 is 0. The maximum Gasteiger partial charge on any atom is 0.417 e. The van der Waals surface area contributed by atoms with E-state index in [4.69, 9.17) is 9.47 Å². The molecular formula is C28H35F3N6O2. The van der Waals surface area contributed by atoms with Crippen LogP contribution in [0.4, 0.5) is 13.2 Å². The summed E-state index contributed by atoms with van der Waals surface area (Å²) in [7, 11) is 0. The molecule has 210 valence electrons. The monoisotopic (exact) mass is 544 g/mol. The van der Waals surface area contributed by atoms with Gasteiger partial charge in [-0.1, -0.05) is 6.92 Å². The van der Waals surface area contributed by atoms with Gasteiger partial charge in [-0.25, -0.2) is 9.97 Å². The molecule has 2 saturated heterocycles. The maximum atomic E-state index is 14.1. The zero-order valence-corrected chi connectivity index (χ0v) is 22.2. The van der Waals surface area contributed by atoms with Crippen LogP contribution in [0.3, 0.4) is 0 Å². The van der Waals surface area contributed by atoms with E-state index in [2.05, 4.69) is 27.1 Å². The standard InChI is InChI=1S/C28H35F3N6O2/c1-2-36-9-3-19(4-10-36)8-14-39-27-23(28(29,30)31)15-21(17-33-27)25-22-5-11-37(18-20-6-12-38-13-7-20)26(22)35-24(16-32)34-25/h5,11,15,17,19-20,27,33H,2-4,6-10,12-14,18H2,1H3. The lowest BCUT2D eigenvalue weighted by molar-refractivity contribution is -0.114. The first kappa shape index (κ1) is 27.6. The number of piperidine rings is 1. The lowest BCUT2D eigenvalue weighted by Gasteiger charge is -2.32. The summed E-state index contributed by atoms with van der Waals surface area (Å²) in [5.74, 6) is 0.784. The Bertz CT molecular complexity index is 1250. The second kappa shape index (κ2) is 12.1. The van der Waals surface area contributed by atoms with Crippen molar-refractivity contribution in [3.63, 3.8) is 0 Å². The molecule has 1 N–H and O–H groups in total. The molecule has 39 heavy (non-hydrogen) atoms. The number of allylic oxidation sites excluding steroid dienone is 2. The van der Waals surface area contributed by atoms with Gasteiger partial charge in [0.15, 0.2) is 6.23 Å². The zero-order valence-electron chi connectivity index (χ0n) is 22.2. The maximum absolute atomic E-state index is 14.1. The summed E-state index contributed by atoms with van der Waals surface area (Å²) in [6, 6.07) is 3.77. The molecule has 2 aromatic heterocycles. The van der Waals surface area contributed by atoms with Crippen LogP contribution < -0.4 is 5.32 Å². The Labute approximate surface area is 226 Å². The molecule has 8 nitrogen and oxygen atoms in total. The first-order valence-electron chi connectivity index (χ1n) is 13.8. The van der Waals surface area contributed by atoms with Gasteiger partial charge in [-0.05, 0) is 75.7 Å². The molecular weight excluding hydrogens is 509 g/mol. The Balaban J connectivity index is 1.34. The molecule has 5 rings (SSSR count). The highest BCUT2D eigenvalue weighted by molar-refractivity contribution is 5.92. The second-order valence-corrected chi connectivity index (χ2v) is 10.5. The van der Waals surface area contributed by atoms with E-state index >= 15 is 0 Å². The smallest absolute Gasteiger partial charge is 0.381 e. The van der Waals surface area contributed by atoms with Crippen molar-refractivity contribution >= 4 is 16.6 Å². The number of ether oxygens (including phenoxy) is 2. The fourth-order valence-corrected chi connectivity index (χ4v) is 5.68. The van der Waals surface area contributed by atoms with Crippen LogP contribution in [-0.4, -0.2) is 71.3 Å². The first-order chi connectivity index (χ1) is 18.9. The molecule has 11 heteroatoms. The van der Waals surface area contributed by atoms with E-state index in [1.165, 1.54) is 6.20 Å². The molecule has 1 unspecified atom stereocenters. The average molecular weight is 545 g/mol. The van der Waals surface area contributed by atoms with Gasteiger partial charge in [-0.3, -0.25) is 0 Å². The minimum atomic E-state index is -4.59. The van der Waals surface area contributed by atoms with Crippen LogP contribution in [0.1, 0.15) is 50.5 Å². The Kier molecular flexibility index (Phi) is 8.54. The third kappa shape index (κ3) is 6.45. The number of nitriles is 1. The molecule has 0 radical (unpaired) electrons. The first-order valence-corrected chi connectivity index (χ1v) is 13.8. The van der Waals surface area contributed by atoms with Crippen molar-refractivity contribution in [2.45, 2.75) is 58.0 Å². The van der Waals surface area contributed by atoms with E-state index in [1.807, 2.05) is 16.8 Å². The number of hydrogen-bond acceptors (Lipinski definition) is 7. The molecule has 1 atom stereocenters. The van der Waals surface area contributed by atoms with Crippen LogP contribution in [0.2, 0.25) is 0 Å². The Morgan fingerprint density at radius 1 is 1.15 bits per heavy atom. The Hall–Kier alpha value is -2.94. The van der Waals surface area contributed by atoms with Crippen molar-refractivity contribution in [1.29, 1.82) is 5.26 Å². The van der Waals surface area contributed by atoms with Crippen molar-refractivity contribution in [3.05, 3.63) is 41.6 Å². The molecule has 0 saturated carbocycles. The van der Waals surface area contributed by atoms with Crippen molar-refractivity contribution < 1.29 is 22.6 Å². The van der Waals surface area contributed by atoms with E-state index < -0.39 is 18.0 Å². The van der Waals surface area contributed by atoms with Crippen LogP contribution >= 0.6 is 0 Å². The number of alkyl halides is 3. The fourth-order valence-electron chi connectivity index (χ4n) is 5.68. The topological polar surface area (TPSA) is 88.2 Å². The Morgan fingerprint density at radius 3 is 2.62 bits per heavy atom. The third-order valence-electron chi connectivity index (χ3n) is 8.06. The normalized spacial score (nSPS) is 21.9. The van der Waals surface area contributed by atoms with Gasteiger partial charge in [0, 0.05) is 49.7 Å². The molecule has 3 aliphatic rings. The van der Waals surface area contributed by atoms with E-state index in [0.717, 1.165) is 57.8 Å². The van der Waals surface area contributed by atoms with Gasteiger partial charge in [0.1, 0.15) is 11.7 Å². The lowest BCUT2D eigenvalue weighted by atomic mass is 9.94. The number of rotatable bonds is 8. The fraction of sp³-hybridized carbons (Fsp3) is 0.607. The summed E-state index contributed by atoms with van der Waals surface area (Å²) in [4.78, 5) is 11.1. The molecule has 3 aliphatic heterocycles. The van der Waals surface area contributed by atoms with Gasteiger partial charge in [0.2, 0.25) is 5.82 Å². The highest BCUT2D eigenvalue weighted by atomic mass is 19.4. The number of nitrogens with one attached hydrogen (secondary N) is 1. The molecule has 0 spiro atoms. The Morgan fingerprint density at radius 2 is 1.92 bits per heavy atom. The van der Waals surface area contributed by atoms with Crippen molar-refractivity contribution in [1.82, 2.24) is 24.8 Å². The summed E-state index contributed by atoms with van der Waals surface area (Å²) in [6.07, 6.45) is 3.22. The summed E-state index contributed by atoms with van der Waals surface area (Å²) in [5.41, 5.74) is 0.255. The predicted octanol–water partition coefficient (Wildman–Crippen LogP) is 4.63. The SMILES string of the molecule is CCN1CCC(CCOC2NC=C(c3nc(C#N)nc4c3ccn4CC3CCOCC3)C=C2C(F)(F)F)CC1. The number of nitrogens with zero attached hydrogens (tertiary/aromatic N) is 5. The predicted molar refractivity (Wildman–Crippen MR) is 140 cm³/mol. The van der Waals surface area contributed by atoms with Crippen LogP contribution in [0.15, 0.2) is 30.1 Å². The lowest BCUT2D eigenvalue weighted by Crippen LogP contribution is -2.39. The average Bonchev–Trinajstić information content (AvgIpc) is 3.35. The molecule has 5 heterocycles. The molecule has 0 bridgehead atoms. The number of halogens is 3. The van der Waals surface area contributed by atoms with E-state index in [9.17, 15) is 18.4 Å². The van der Waals surface area contributed by atoms with Crippen molar-refractivity contribution in [3.8, 4) is 6.07 Å². The van der Waals surface area contributed by atoms with Crippen LogP contribution in [0.5, 0.6) is 0 Å². The van der Waals surface area contributed by atoms with E-state index in [1.54, 1.807) is 6.07 Å². The number of aromatic nitrogens is 3. The third-order valence-corrected chi connectivity index (χ3v) is 8.06. The summed E-state index contributed by atoms with van der Waals surface area (Å²) < 4.78 is 55.6. The minimum absolute atomic E-state index is 0.0835. The van der Waals surface area contributed by atoms with Crippen LogP contribution in [-0.2, 0) is 16.0 Å². The molecule has 0 amide bonds. The van der Waals surface area contributed by atoms with Gasteiger partial charge in [-0.15, -0.1) is 0 Å². The van der Waals surface area contributed by atoms with Gasteiger partial charge in [-0.2, -0.15) is 18.4 Å². The van der Waals surface area contributed by atoms with Gasteiger partial charge >= 0.3 is 6.18 Å². The van der Waals surface area contributed by atoms with Crippen LogP contribution in [0.25, 0.3) is 16.6 Å². The molecule has 2 fully saturated rings. The number of hydrogen-bond donors (Lipinski definition) is 1. The molecule has 0 aromatic carbocycles. The zero-order chi connectivity index (χ0) is 27.4. The van der Waals surface area contributed by atoms with Gasteiger partial charge < -0.3 is 24.3 Å². The summed E-state index contributed by atoms with van der Waals surface area (Å²) in [5, 5.41) is 13.0. The molecule has 0 aliphatic carbocycles. The number of dihydropyridines is 1. The van der Waals surface area contributed by atoms with E-state index in [-0.39, 0.29) is 23.7 Å². The minimum Gasteiger partial charge on any atom is -0.381 e. The number of fused-ring (bicyclic) bond motifs is 1. The molecule has 2 aromatic rings.